The predicted octanol–water partition coefficient (Wildman–Crippen LogP) is 16.1. The molecule has 0 saturated carbocycles. The molecule has 0 atom stereocenters. The third kappa shape index (κ3) is 4.37. The molecule has 0 saturated heterocycles. The Bertz CT molecular complexity index is 3790. The van der Waals surface area contributed by atoms with Gasteiger partial charge in [0, 0.05) is 47.7 Å². The van der Waals surface area contributed by atoms with Gasteiger partial charge >= 0.3 is 0 Å². The summed E-state index contributed by atoms with van der Waals surface area (Å²) in [6.07, 6.45) is 0. The lowest BCUT2D eigenvalue weighted by Gasteiger charge is -2.40. The average molecular weight is 805 g/mol. The summed E-state index contributed by atoms with van der Waals surface area (Å²) in [5.74, 6) is 0. The SMILES string of the molecule is c1ccc(N(c2ccc3c4ccccc4n(-c4cccc5sc6ccccc6c45)c3c2)c2ccc3c4c(cccc24)C2(c4ccccc4-c4ccccc42)c2ccccc2-3)cc1. The molecule has 0 aliphatic heterocycles. The number of benzene rings is 10. The van der Waals surface area contributed by atoms with Crippen LogP contribution in [0.1, 0.15) is 22.3 Å². The maximum atomic E-state index is 2.51. The average Bonchev–Trinajstić information content (AvgIpc) is 3.98. The van der Waals surface area contributed by atoms with Crippen LogP contribution in [0.25, 0.3) is 80.7 Å². The molecule has 2 nitrogen and oxygen atoms in total. The van der Waals surface area contributed by atoms with Crippen LogP contribution >= 0.6 is 11.3 Å². The van der Waals surface area contributed by atoms with Gasteiger partial charge in [0.05, 0.1) is 27.8 Å². The lowest BCUT2D eigenvalue weighted by atomic mass is 9.61. The van der Waals surface area contributed by atoms with Crippen molar-refractivity contribution in [2.24, 2.45) is 0 Å². The van der Waals surface area contributed by atoms with Crippen molar-refractivity contribution in [2.45, 2.75) is 5.41 Å². The summed E-state index contributed by atoms with van der Waals surface area (Å²) in [5, 5.41) is 7.63. The van der Waals surface area contributed by atoms with Gasteiger partial charge in [0.25, 0.3) is 0 Å². The molecule has 1 spiro atoms. The first-order valence-corrected chi connectivity index (χ1v) is 22.3. The number of hydrogen-bond donors (Lipinski definition) is 0. The highest BCUT2D eigenvalue weighted by Crippen LogP contribution is 2.62. The number of aromatic nitrogens is 1. The van der Waals surface area contributed by atoms with Gasteiger partial charge in [-0.25, -0.2) is 0 Å². The van der Waals surface area contributed by atoms with Gasteiger partial charge in [-0.1, -0.05) is 164 Å². The Morgan fingerprint density at radius 2 is 0.935 bits per heavy atom. The van der Waals surface area contributed by atoms with Gasteiger partial charge in [-0.15, -0.1) is 11.3 Å². The van der Waals surface area contributed by atoms with E-state index in [1.807, 2.05) is 11.3 Å². The Kier molecular flexibility index (Phi) is 6.95. The number of thiophene rings is 1. The zero-order chi connectivity index (χ0) is 40.5. The molecule has 0 N–H and O–H groups in total. The van der Waals surface area contributed by atoms with E-state index in [0.717, 1.165) is 17.1 Å². The highest BCUT2D eigenvalue weighted by atomic mass is 32.1. The lowest BCUT2D eigenvalue weighted by molar-refractivity contribution is 0.773. The first-order valence-electron chi connectivity index (χ1n) is 21.4. The summed E-state index contributed by atoms with van der Waals surface area (Å²) in [5.41, 5.74) is 17.1. The largest absolute Gasteiger partial charge is 0.310 e. The van der Waals surface area contributed by atoms with Crippen molar-refractivity contribution >= 4 is 81.1 Å². The molecular formula is C59H36N2S. The molecule has 2 heterocycles. The second-order valence-electron chi connectivity index (χ2n) is 16.7. The fourth-order valence-electron chi connectivity index (χ4n) is 11.4. The van der Waals surface area contributed by atoms with Crippen LogP contribution in [0, 0.1) is 0 Å². The first-order chi connectivity index (χ1) is 30.8. The minimum atomic E-state index is -0.459. The van der Waals surface area contributed by atoms with E-state index < -0.39 is 5.41 Å². The number of fused-ring (bicyclic) bond motifs is 15. The second-order valence-corrected chi connectivity index (χ2v) is 17.8. The summed E-state index contributed by atoms with van der Waals surface area (Å²) in [4.78, 5) is 2.48. The van der Waals surface area contributed by atoms with Crippen molar-refractivity contribution in [1.82, 2.24) is 4.57 Å². The highest BCUT2D eigenvalue weighted by molar-refractivity contribution is 7.25. The van der Waals surface area contributed by atoms with Crippen LogP contribution in [-0.2, 0) is 5.41 Å². The number of hydrogen-bond acceptors (Lipinski definition) is 2. The number of nitrogens with zero attached hydrogens (tertiary/aromatic N) is 2. The van der Waals surface area contributed by atoms with E-state index in [1.54, 1.807) is 0 Å². The summed E-state index contributed by atoms with van der Waals surface area (Å²) in [6.45, 7) is 0. The Hall–Kier alpha value is -7.72. The normalized spacial score (nSPS) is 13.3. The van der Waals surface area contributed by atoms with Gasteiger partial charge in [0.1, 0.15) is 0 Å². The quantitative estimate of drug-likeness (QED) is 0.172. The molecule has 2 aromatic heterocycles. The maximum Gasteiger partial charge on any atom is 0.0725 e. The summed E-state index contributed by atoms with van der Waals surface area (Å²) < 4.78 is 5.11. The van der Waals surface area contributed by atoms with E-state index in [4.69, 9.17) is 0 Å². The molecule has 62 heavy (non-hydrogen) atoms. The van der Waals surface area contributed by atoms with Crippen LogP contribution in [-0.4, -0.2) is 4.57 Å². The minimum absolute atomic E-state index is 0.459. The van der Waals surface area contributed by atoms with Crippen LogP contribution < -0.4 is 4.90 Å². The number of anilines is 3. The lowest BCUT2D eigenvalue weighted by Crippen LogP contribution is -2.31. The van der Waals surface area contributed by atoms with Crippen LogP contribution in [0.4, 0.5) is 17.1 Å². The molecule has 12 aromatic rings. The molecule has 3 heteroatoms. The Balaban J connectivity index is 1.07. The molecule has 2 aliphatic rings. The van der Waals surface area contributed by atoms with Crippen LogP contribution in [0.15, 0.2) is 218 Å². The van der Waals surface area contributed by atoms with E-state index >= 15 is 0 Å². The fourth-order valence-corrected chi connectivity index (χ4v) is 12.6. The zero-order valence-corrected chi connectivity index (χ0v) is 34.4. The van der Waals surface area contributed by atoms with E-state index in [1.165, 1.54) is 103 Å². The van der Waals surface area contributed by atoms with Crippen LogP contribution in [0.5, 0.6) is 0 Å². The Morgan fingerprint density at radius 3 is 1.71 bits per heavy atom. The van der Waals surface area contributed by atoms with Gasteiger partial charge < -0.3 is 9.47 Å². The molecule has 14 rings (SSSR count). The first kappa shape index (κ1) is 34.0. The van der Waals surface area contributed by atoms with Gasteiger partial charge in [-0.05, 0) is 104 Å². The van der Waals surface area contributed by atoms with E-state index in [0.29, 0.717) is 0 Å². The standard InChI is InChI=1S/C59H36N2S/c1-2-16-37(17-3-1)60(38-32-33-43-42-21-7-12-28-51(42)61(54(43)36-38)53-29-15-31-56-58(53)46-22-8-13-30-55(46)62-56)52-35-34-44-41-20-6-11-26-49(41)59(50-27-14-23-45(52)57(44)50)47-24-9-4-18-39(47)40-19-5-10-25-48(40)59/h1-36H. The van der Waals surface area contributed by atoms with Gasteiger partial charge in [0.15, 0.2) is 0 Å². The second kappa shape index (κ2) is 12.7. The van der Waals surface area contributed by atoms with Crippen molar-refractivity contribution in [3.63, 3.8) is 0 Å². The van der Waals surface area contributed by atoms with Crippen LogP contribution in [0.3, 0.4) is 0 Å². The third-order valence-electron chi connectivity index (χ3n) is 13.8. The topological polar surface area (TPSA) is 8.17 Å². The summed E-state index contributed by atoms with van der Waals surface area (Å²) >= 11 is 1.87. The molecule has 2 aliphatic carbocycles. The molecule has 0 radical (unpaired) electrons. The van der Waals surface area contributed by atoms with E-state index in [9.17, 15) is 0 Å². The summed E-state index contributed by atoms with van der Waals surface area (Å²) in [6, 6.07) is 81.6. The molecule has 10 aromatic carbocycles. The molecule has 0 unspecified atom stereocenters. The highest BCUT2D eigenvalue weighted by Gasteiger charge is 2.50. The monoisotopic (exact) mass is 804 g/mol. The van der Waals surface area contributed by atoms with E-state index in [-0.39, 0.29) is 0 Å². The van der Waals surface area contributed by atoms with Gasteiger partial charge in [-0.2, -0.15) is 0 Å². The van der Waals surface area contributed by atoms with Crippen molar-refractivity contribution < 1.29 is 0 Å². The number of rotatable bonds is 4. The molecule has 0 bridgehead atoms. The van der Waals surface area contributed by atoms with Gasteiger partial charge in [-0.3, -0.25) is 0 Å². The molecular weight excluding hydrogens is 769 g/mol. The smallest absolute Gasteiger partial charge is 0.0725 e. The van der Waals surface area contributed by atoms with Crippen molar-refractivity contribution in [3.05, 3.63) is 241 Å². The molecule has 0 amide bonds. The summed E-state index contributed by atoms with van der Waals surface area (Å²) in [7, 11) is 0. The van der Waals surface area contributed by atoms with Crippen molar-refractivity contribution in [2.75, 3.05) is 4.90 Å². The third-order valence-corrected chi connectivity index (χ3v) is 14.9. The number of para-hydroxylation sites is 2. The molecule has 0 fully saturated rings. The van der Waals surface area contributed by atoms with Crippen molar-refractivity contribution in [1.29, 1.82) is 0 Å². The Morgan fingerprint density at radius 1 is 0.355 bits per heavy atom. The fraction of sp³-hybridized carbons (Fsp3) is 0.0169. The van der Waals surface area contributed by atoms with Crippen LogP contribution in [0.2, 0.25) is 0 Å². The van der Waals surface area contributed by atoms with Gasteiger partial charge in [0.2, 0.25) is 0 Å². The van der Waals surface area contributed by atoms with E-state index in [2.05, 4.69) is 228 Å². The maximum absolute atomic E-state index is 2.51. The Labute approximate surface area is 362 Å². The molecule has 288 valence electrons. The zero-order valence-electron chi connectivity index (χ0n) is 33.6. The van der Waals surface area contributed by atoms with Crippen molar-refractivity contribution in [3.8, 4) is 27.9 Å². The predicted molar refractivity (Wildman–Crippen MR) is 262 cm³/mol. The minimum Gasteiger partial charge on any atom is -0.310 e.